The van der Waals surface area contributed by atoms with Gasteiger partial charge in [0, 0.05) is 8.47 Å². The molecule has 7 nitrogen and oxygen atoms in total. The van der Waals surface area contributed by atoms with Crippen LogP contribution in [-0.2, 0) is 10.2 Å². The molecule has 2 aromatic heterocycles. The highest BCUT2D eigenvalue weighted by Gasteiger charge is 2.31. The minimum Gasteiger partial charge on any atom is -0.497 e. The fourth-order valence-electron chi connectivity index (χ4n) is 2.69. The van der Waals surface area contributed by atoms with Crippen LogP contribution in [0.4, 0.5) is 5.82 Å². The number of nitrogens with zero attached hydrogens (tertiary/aromatic N) is 4. The Bertz CT molecular complexity index is 1040. The van der Waals surface area contributed by atoms with E-state index in [0.29, 0.717) is 17.0 Å². The number of methoxy groups -OCH3 is 1. The summed E-state index contributed by atoms with van der Waals surface area (Å²) >= 11 is 3.86. The Morgan fingerprint density at radius 3 is 2.55 bits per heavy atom. The highest BCUT2D eigenvalue weighted by molar-refractivity contribution is 14.1. The minimum absolute atomic E-state index is 0.164. The lowest BCUT2D eigenvalue weighted by Crippen LogP contribution is -2.34. The third kappa shape index (κ3) is 5.04. The first-order valence-electron chi connectivity index (χ1n) is 9.16. The summed E-state index contributed by atoms with van der Waals surface area (Å²) in [6.07, 6.45) is 1.47. The highest BCUT2D eigenvalue weighted by Crippen LogP contribution is 2.39. The summed E-state index contributed by atoms with van der Waals surface area (Å²) in [5.74, 6) is 1.16. The Morgan fingerprint density at radius 1 is 1.17 bits per heavy atom. The van der Waals surface area contributed by atoms with Crippen molar-refractivity contribution in [2.45, 2.75) is 55.4 Å². The van der Waals surface area contributed by atoms with Gasteiger partial charge < -0.3 is 14.9 Å². The van der Waals surface area contributed by atoms with Gasteiger partial charge in [-0.05, 0) is 59.7 Å². The number of ether oxygens (including phenoxy) is 1. The lowest BCUT2D eigenvalue weighted by Gasteiger charge is -2.32. The molecule has 0 atom stereocenters. The number of hydrogen-bond donors (Lipinski definition) is 1. The summed E-state index contributed by atoms with van der Waals surface area (Å²) < 4.78 is 15.0. The van der Waals surface area contributed by atoms with Gasteiger partial charge in [-0.25, -0.2) is 15.0 Å². The van der Waals surface area contributed by atoms with Crippen LogP contribution in [0.1, 0.15) is 34.6 Å². The quantitative estimate of drug-likeness (QED) is 0.369. The van der Waals surface area contributed by atoms with Crippen molar-refractivity contribution < 1.29 is 9.16 Å². The van der Waals surface area contributed by atoms with E-state index in [1.54, 1.807) is 18.9 Å². The Morgan fingerprint density at radius 2 is 1.90 bits per heavy atom. The van der Waals surface area contributed by atoms with E-state index in [2.05, 4.69) is 53.3 Å². The molecule has 2 heterocycles. The molecule has 29 heavy (non-hydrogen) atoms. The predicted molar refractivity (Wildman–Crippen MR) is 128 cm³/mol. The number of aromatic nitrogens is 4. The first-order valence-corrected chi connectivity index (χ1v) is 12.3. The van der Waals surface area contributed by atoms with E-state index in [0.717, 1.165) is 19.4 Å². The van der Waals surface area contributed by atoms with E-state index in [9.17, 15) is 0 Å². The highest BCUT2D eigenvalue weighted by atomic mass is 127. The van der Waals surface area contributed by atoms with E-state index in [4.69, 9.17) is 19.9 Å². The standard InChI is InChI=1S/C19H26IN5O2SSi/c1-18(2,3)29-27-19(4,5)25-16-14(15(21)22-10-23-16)24-17(25)28-13-9-11(26-6)7-8-12(13)20/h7-10H,29H2,1-6H3,(H2,21,22,23). The molecular formula is C19H26IN5O2SSi. The normalized spacial score (nSPS) is 12.9. The molecule has 0 aliphatic carbocycles. The zero-order valence-electron chi connectivity index (χ0n) is 17.5. The van der Waals surface area contributed by atoms with Crippen molar-refractivity contribution in [2.75, 3.05) is 12.8 Å². The number of rotatable bonds is 6. The fourth-order valence-corrected chi connectivity index (χ4v) is 5.34. The Labute approximate surface area is 191 Å². The molecular weight excluding hydrogens is 517 g/mol. The Hall–Kier alpha value is -1.37. The van der Waals surface area contributed by atoms with Gasteiger partial charge in [-0.2, -0.15) is 0 Å². The zero-order valence-corrected chi connectivity index (χ0v) is 21.9. The molecule has 0 saturated carbocycles. The Kier molecular flexibility index (Phi) is 6.46. The molecule has 0 radical (unpaired) electrons. The van der Waals surface area contributed by atoms with Crippen LogP contribution in [-0.4, -0.2) is 36.4 Å². The number of nitrogens with two attached hydrogens (primary N) is 1. The van der Waals surface area contributed by atoms with Crippen molar-refractivity contribution in [1.29, 1.82) is 0 Å². The topological polar surface area (TPSA) is 88.1 Å². The lowest BCUT2D eigenvalue weighted by molar-refractivity contribution is 0.0254. The van der Waals surface area contributed by atoms with Crippen LogP contribution in [0, 0.1) is 3.57 Å². The predicted octanol–water partition coefficient (Wildman–Crippen LogP) is 4.18. The third-order valence-corrected chi connectivity index (χ3v) is 8.22. The van der Waals surface area contributed by atoms with Gasteiger partial charge in [0.05, 0.1) is 7.11 Å². The molecule has 0 aliphatic heterocycles. The first-order chi connectivity index (χ1) is 13.5. The number of imidazole rings is 1. The number of hydrogen-bond acceptors (Lipinski definition) is 7. The summed E-state index contributed by atoms with van der Waals surface area (Å²) in [5, 5.41) is 0.920. The van der Waals surface area contributed by atoms with Gasteiger partial charge in [0.2, 0.25) is 0 Å². The number of benzene rings is 1. The SMILES string of the molecule is COc1ccc(I)c(Sc2nc3c(N)ncnc3n2C(C)(C)O[SiH2]C(C)(C)C)c1. The number of halogens is 1. The number of nitrogen functional groups attached to an aromatic ring is 1. The molecule has 3 aromatic rings. The average molecular weight is 544 g/mol. The van der Waals surface area contributed by atoms with E-state index in [1.165, 1.54) is 6.33 Å². The molecule has 0 spiro atoms. The van der Waals surface area contributed by atoms with Crippen LogP contribution in [0.5, 0.6) is 5.75 Å². The van der Waals surface area contributed by atoms with Crippen LogP contribution >= 0.6 is 34.4 Å². The van der Waals surface area contributed by atoms with E-state index in [-0.39, 0.29) is 5.04 Å². The molecule has 0 unspecified atom stereocenters. The fraction of sp³-hybridized carbons (Fsp3) is 0.421. The van der Waals surface area contributed by atoms with Crippen molar-refractivity contribution >= 4 is 61.1 Å². The summed E-state index contributed by atoms with van der Waals surface area (Å²) in [4.78, 5) is 14.4. The average Bonchev–Trinajstić information content (AvgIpc) is 3.02. The summed E-state index contributed by atoms with van der Waals surface area (Å²) in [5.41, 5.74) is 6.74. The summed E-state index contributed by atoms with van der Waals surface area (Å²) in [6, 6.07) is 5.97. The first kappa shape index (κ1) is 22.3. The number of anilines is 1. The molecule has 0 aliphatic rings. The monoisotopic (exact) mass is 543 g/mol. The molecule has 0 fully saturated rings. The second-order valence-electron chi connectivity index (χ2n) is 8.36. The van der Waals surface area contributed by atoms with Crippen LogP contribution in [0.2, 0.25) is 5.04 Å². The molecule has 0 amide bonds. The molecule has 2 N–H and O–H groups in total. The van der Waals surface area contributed by atoms with Gasteiger partial charge >= 0.3 is 0 Å². The maximum Gasteiger partial charge on any atom is 0.177 e. The van der Waals surface area contributed by atoms with Crippen LogP contribution in [0.3, 0.4) is 0 Å². The van der Waals surface area contributed by atoms with Gasteiger partial charge in [0.1, 0.15) is 17.8 Å². The molecule has 0 saturated heterocycles. The van der Waals surface area contributed by atoms with Crippen molar-refractivity contribution in [3.05, 3.63) is 28.1 Å². The molecule has 1 aromatic carbocycles. The van der Waals surface area contributed by atoms with Gasteiger partial charge in [-0.3, -0.25) is 4.57 Å². The maximum atomic E-state index is 6.46. The van der Waals surface area contributed by atoms with E-state index >= 15 is 0 Å². The zero-order chi connectivity index (χ0) is 21.4. The second-order valence-corrected chi connectivity index (χ2v) is 13.2. The minimum atomic E-state index is -0.811. The van der Waals surface area contributed by atoms with Gasteiger partial charge in [-0.15, -0.1) is 0 Å². The lowest BCUT2D eigenvalue weighted by atomic mass is 10.3. The molecule has 3 rings (SSSR count). The molecule has 0 bridgehead atoms. The Balaban J connectivity index is 2.12. The van der Waals surface area contributed by atoms with Crippen LogP contribution in [0.25, 0.3) is 11.2 Å². The maximum absolute atomic E-state index is 6.46. The van der Waals surface area contributed by atoms with Crippen LogP contribution in [0.15, 0.2) is 34.6 Å². The third-order valence-electron chi connectivity index (χ3n) is 4.18. The molecule has 156 valence electrons. The van der Waals surface area contributed by atoms with Crippen molar-refractivity contribution in [3.63, 3.8) is 0 Å². The van der Waals surface area contributed by atoms with E-state index in [1.807, 2.05) is 36.6 Å². The van der Waals surface area contributed by atoms with Gasteiger partial charge in [0.15, 0.2) is 31.9 Å². The van der Waals surface area contributed by atoms with Crippen LogP contribution < -0.4 is 10.5 Å². The summed E-state index contributed by atoms with van der Waals surface area (Å²) in [7, 11) is 0.852. The number of fused-ring (bicyclic) bond motifs is 1. The van der Waals surface area contributed by atoms with Gasteiger partial charge in [0.25, 0.3) is 0 Å². The van der Waals surface area contributed by atoms with E-state index < -0.39 is 15.5 Å². The van der Waals surface area contributed by atoms with Crippen molar-refractivity contribution in [3.8, 4) is 5.75 Å². The van der Waals surface area contributed by atoms with Crippen molar-refractivity contribution in [1.82, 2.24) is 19.5 Å². The van der Waals surface area contributed by atoms with Crippen molar-refractivity contribution in [2.24, 2.45) is 0 Å². The largest absolute Gasteiger partial charge is 0.497 e. The summed E-state index contributed by atoms with van der Waals surface area (Å²) in [6.45, 7) is 10.7. The van der Waals surface area contributed by atoms with Gasteiger partial charge in [-0.1, -0.05) is 32.5 Å². The smallest absolute Gasteiger partial charge is 0.177 e. The second kappa shape index (κ2) is 8.40. The molecule has 10 heteroatoms.